The molecule has 1 aromatic heterocycles. The summed E-state index contributed by atoms with van der Waals surface area (Å²) < 4.78 is 0. The summed E-state index contributed by atoms with van der Waals surface area (Å²) in [6.07, 6.45) is 1.77. The Morgan fingerprint density at radius 1 is 1.26 bits per heavy atom. The van der Waals surface area contributed by atoms with Crippen molar-refractivity contribution in [3.8, 4) is 0 Å². The number of hydrogen-bond acceptors (Lipinski definition) is 3. The first-order valence-corrected chi connectivity index (χ1v) is 7.26. The highest BCUT2D eigenvalue weighted by Gasteiger charge is 2.11. The zero-order valence-electron chi connectivity index (χ0n) is 10.4. The SMILES string of the molecule is CC(C)c1cnc(NC(=O)c2cc(Cl)cc(Cl)c2)s1. The van der Waals surface area contributed by atoms with E-state index in [1.807, 2.05) is 0 Å². The van der Waals surface area contributed by atoms with E-state index in [2.05, 4.69) is 24.1 Å². The lowest BCUT2D eigenvalue weighted by molar-refractivity contribution is 0.102. The Morgan fingerprint density at radius 2 is 1.89 bits per heavy atom. The van der Waals surface area contributed by atoms with Crippen LogP contribution >= 0.6 is 34.5 Å². The molecule has 0 aliphatic carbocycles. The fourth-order valence-electron chi connectivity index (χ4n) is 1.47. The van der Waals surface area contributed by atoms with E-state index in [9.17, 15) is 4.79 Å². The van der Waals surface area contributed by atoms with Gasteiger partial charge in [0.2, 0.25) is 0 Å². The van der Waals surface area contributed by atoms with Crippen LogP contribution in [0.25, 0.3) is 0 Å². The number of anilines is 1. The summed E-state index contributed by atoms with van der Waals surface area (Å²) in [5.74, 6) is 0.123. The number of aromatic nitrogens is 1. The Bertz CT molecular complexity index is 590. The molecule has 0 fully saturated rings. The predicted octanol–water partition coefficient (Wildman–Crippen LogP) is 4.83. The summed E-state index contributed by atoms with van der Waals surface area (Å²) in [5.41, 5.74) is 0.416. The summed E-state index contributed by atoms with van der Waals surface area (Å²) in [5, 5.41) is 4.17. The molecule has 1 aromatic carbocycles. The first-order valence-electron chi connectivity index (χ1n) is 5.69. The maximum absolute atomic E-state index is 12.0. The van der Waals surface area contributed by atoms with Gasteiger partial charge < -0.3 is 0 Å². The summed E-state index contributed by atoms with van der Waals surface area (Å²) in [7, 11) is 0. The van der Waals surface area contributed by atoms with Crippen molar-refractivity contribution in [1.29, 1.82) is 0 Å². The molecular weight excluding hydrogens is 303 g/mol. The van der Waals surface area contributed by atoms with Crippen molar-refractivity contribution in [3.05, 3.63) is 44.9 Å². The van der Waals surface area contributed by atoms with Gasteiger partial charge in [-0.1, -0.05) is 37.0 Å². The van der Waals surface area contributed by atoms with Crippen molar-refractivity contribution >= 4 is 45.6 Å². The molecule has 0 spiro atoms. The molecule has 1 N–H and O–H groups in total. The maximum Gasteiger partial charge on any atom is 0.257 e. The highest BCUT2D eigenvalue weighted by Crippen LogP contribution is 2.26. The third kappa shape index (κ3) is 3.69. The van der Waals surface area contributed by atoms with Crippen LogP contribution in [-0.4, -0.2) is 10.9 Å². The van der Waals surface area contributed by atoms with Gasteiger partial charge in [-0.25, -0.2) is 4.98 Å². The smallest absolute Gasteiger partial charge is 0.257 e. The van der Waals surface area contributed by atoms with E-state index in [4.69, 9.17) is 23.2 Å². The molecule has 2 aromatic rings. The van der Waals surface area contributed by atoms with E-state index in [0.717, 1.165) is 4.88 Å². The van der Waals surface area contributed by atoms with Crippen LogP contribution in [0.15, 0.2) is 24.4 Å². The molecule has 0 saturated heterocycles. The Morgan fingerprint density at radius 3 is 2.42 bits per heavy atom. The second-order valence-corrected chi connectivity index (χ2v) is 6.27. The molecule has 1 amide bonds. The normalized spacial score (nSPS) is 10.8. The van der Waals surface area contributed by atoms with Crippen LogP contribution in [0.3, 0.4) is 0 Å². The number of benzene rings is 1. The molecule has 6 heteroatoms. The number of thiazole rings is 1. The highest BCUT2D eigenvalue weighted by molar-refractivity contribution is 7.15. The molecule has 0 aliphatic rings. The summed E-state index contributed by atoms with van der Waals surface area (Å²) in [6.45, 7) is 4.16. The van der Waals surface area contributed by atoms with Gasteiger partial charge in [0.05, 0.1) is 0 Å². The number of nitrogens with one attached hydrogen (secondary N) is 1. The molecule has 0 atom stereocenters. The lowest BCUT2D eigenvalue weighted by Gasteiger charge is -2.03. The fourth-order valence-corrected chi connectivity index (χ4v) is 2.81. The molecule has 2 rings (SSSR count). The molecule has 0 radical (unpaired) electrons. The molecule has 0 aliphatic heterocycles. The lowest BCUT2D eigenvalue weighted by Crippen LogP contribution is -2.11. The van der Waals surface area contributed by atoms with E-state index in [0.29, 0.717) is 26.7 Å². The second kappa shape index (κ2) is 5.90. The zero-order valence-corrected chi connectivity index (χ0v) is 12.7. The number of hydrogen-bond donors (Lipinski definition) is 1. The Kier molecular flexibility index (Phi) is 4.45. The van der Waals surface area contributed by atoms with Crippen LogP contribution in [0.1, 0.15) is 35.0 Å². The van der Waals surface area contributed by atoms with E-state index in [1.54, 1.807) is 24.4 Å². The average Bonchev–Trinajstić information content (AvgIpc) is 2.76. The van der Waals surface area contributed by atoms with E-state index >= 15 is 0 Å². The summed E-state index contributed by atoms with van der Waals surface area (Å²) >= 11 is 13.2. The molecular formula is C13H12Cl2N2OS. The highest BCUT2D eigenvalue weighted by atomic mass is 35.5. The van der Waals surface area contributed by atoms with E-state index in [-0.39, 0.29) is 5.91 Å². The van der Waals surface area contributed by atoms with Crippen molar-refractivity contribution in [2.45, 2.75) is 19.8 Å². The number of carbonyl (C=O) groups excluding carboxylic acids is 1. The Hall–Kier alpha value is -1.10. The van der Waals surface area contributed by atoms with Gasteiger partial charge in [0, 0.05) is 26.7 Å². The van der Waals surface area contributed by atoms with Crippen molar-refractivity contribution in [1.82, 2.24) is 4.98 Å². The van der Waals surface area contributed by atoms with Gasteiger partial charge in [-0.3, -0.25) is 10.1 Å². The predicted molar refractivity (Wildman–Crippen MR) is 80.6 cm³/mol. The Labute approximate surface area is 125 Å². The van der Waals surface area contributed by atoms with Crippen molar-refractivity contribution in [2.75, 3.05) is 5.32 Å². The average molecular weight is 315 g/mol. The molecule has 0 unspecified atom stereocenters. The summed E-state index contributed by atoms with van der Waals surface area (Å²) in [4.78, 5) is 17.3. The van der Waals surface area contributed by atoms with Crippen molar-refractivity contribution in [3.63, 3.8) is 0 Å². The largest absolute Gasteiger partial charge is 0.298 e. The number of halogens is 2. The third-order valence-corrected chi connectivity index (χ3v) is 4.09. The van der Waals surface area contributed by atoms with Crippen LogP contribution in [0, 0.1) is 0 Å². The standard InChI is InChI=1S/C13H12Cl2N2OS/c1-7(2)11-6-16-13(19-11)17-12(18)8-3-9(14)5-10(15)4-8/h3-7H,1-2H3,(H,16,17,18). The van der Waals surface area contributed by atoms with Crippen LogP contribution < -0.4 is 5.32 Å². The minimum absolute atomic E-state index is 0.269. The molecule has 19 heavy (non-hydrogen) atoms. The molecule has 1 heterocycles. The number of nitrogens with zero attached hydrogens (tertiary/aromatic N) is 1. The molecule has 0 saturated carbocycles. The molecule has 100 valence electrons. The van der Waals surface area contributed by atoms with Gasteiger partial charge in [0.25, 0.3) is 5.91 Å². The van der Waals surface area contributed by atoms with Crippen molar-refractivity contribution < 1.29 is 4.79 Å². The minimum Gasteiger partial charge on any atom is -0.298 e. The quantitative estimate of drug-likeness (QED) is 0.882. The van der Waals surface area contributed by atoms with Gasteiger partial charge in [0.15, 0.2) is 5.13 Å². The number of carbonyl (C=O) groups is 1. The topological polar surface area (TPSA) is 42.0 Å². The van der Waals surface area contributed by atoms with Crippen LogP contribution in [0.5, 0.6) is 0 Å². The lowest BCUT2D eigenvalue weighted by atomic mass is 10.2. The molecule has 3 nitrogen and oxygen atoms in total. The van der Waals surface area contributed by atoms with Gasteiger partial charge in [0.1, 0.15) is 0 Å². The first kappa shape index (κ1) is 14.3. The number of rotatable bonds is 3. The summed E-state index contributed by atoms with van der Waals surface area (Å²) in [6, 6.07) is 4.72. The van der Waals surface area contributed by atoms with Gasteiger partial charge in [-0.05, 0) is 24.1 Å². The van der Waals surface area contributed by atoms with Crippen molar-refractivity contribution in [2.24, 2.45) is 0 Å². The van der Waals surface area contributed by atoms with Gasteiger partial charge in [-0.2, -0.15) is 0 Å². The maximum atomic E-state index is 12.0. The van der Waals surface area contributed by atoms with Crippen LogP contribution in [0.4, 0.5) is 5.13 Å². The van der Waals surface area contributed by atoms with Crippen LogP contribution in [0.2, 0.25) is 10.0 Å². The molecule has 0 bridgehead atoms. The minimum atomic E-state index is -0.269. The fraction of sp³-hybridized carbons (Fsp3) is 0.231. The first-order chi connectivity index (χ1) is 8.95. The van der Waals surface area contributed by atoms with E-state index in [1.165, 1.54) is 11.3 Å². The van der Waals surface area contributed by atoms with Crippen LogP contribution in [-0.2, 0) is 0 Å². The third-order valence-electron chi connectivity index (χ3n) is 2.44. The monoisotopic (exact) mass is 314 g/mol. The zero-order chi connectivity index (χ0) is 14.0. The van der Waals surface area contributed by atoms with Gasteiger partial charge in [-0.15, -0.1) is 11.3 Å². The number of amides is 1. The van der Waals surface area contributed by atoms with E-state index < -0.39 is 0 Å². The second-order valence-electron chi connectivity index (χ2n) is 4.33. The van der Waals surface area contributed by atoms with Gasteiger partial charge >= 0.3 is 0 Å². The Balaban J connectivity index is 2.15.